The molecule has 1 amide bonds. The molecule has 0 radical (unpaired) electrons. The van der Waals surface area contributed by atoms with Crippen molar-refractivity contribution in [3.63, 3.8) is 0 Å². The number of amides is 1. The van der Waals surface area contributed by atoms with Crippen molar-refractivity contribution in [2.45, 2.75) is 11.8 Å². The second-order valence-corrected chi connectivity index (χ2v) is 7.77. The molecule has 0 unspecified atom stereocenters. The second kappa shape index (κ2) is 6.68. The van der Waals surface area contributed by atoms with Crippen LogP contribution in [-0.4, -0.2) is 53.4 Å². The Morgan fingerprint density at radius 2 is 2.08 bits per heavy atom. The molecule has 130 valence electrons. The Morgan fingerprint density at radius 1 is 1.28 bits per heavy atom. The number of piperazine rings is 1. The van der Waals surface area contributed by atoms with E-state index in [9.17, 15) is 4.79 Å². The van der Waals surface area contributed by atoms with Crippen molar-refractivity contribution in [3.05, 3.63) is 35.7 Å². The summed E-state index contributed by atoms with van der Waals surface area (Å²) in [5.41, 5.74) is 1.80. The molecule has 1 aliphatic heterocycles. The van der Waals surface area contributed by atoms with E-state index in [0.29, 0.717) is 18.8 Å². The summed E-state index contributed by atoms with van der Waals surface area (Å²) in [5.74, 6) is 0.227. The van der Waals surface area contributed by atoms with E-state index in [1.165, 1.54) is 9.60 Å². The Balaban J connectivity index is 1.47. The quantitative estimate of drug-likeness (QED) is 0.656. The number of carbonyl (C=O) groups excluding carboxylic acids is 1. The largest absolute Gasteiger partial charge is 0.351 e. The Kier molecular flexibility index (Phi) is 4.39. The average Bonchev–Trinajstić information content (AvgIpc) is 3.27. The van der Waals surface area contributed by atoms with Gasteiger partial charge in [0.1, 0.15) is 0 Å². The Bertz CT molecular complexity index is 912. The van der Waals surface area contributed by atoms with Gasteiger partial charge in [0.25, 0.3) is 5.91 Å². The third-order valence-electron chi connectivity index (χ3n) is 4.27. The summed E-state index contributed by atoms with van der Waals surface area (Å²) in [4.78, 5) is 22.5. The number of thioether (sulfide) groups is 1. The van der Waals surface area contributed by atoms with Crippen LogP contribution in [0.4, 0.5) is 5.13 Å². The van der Waals surface area contributed by atoms with Gasteiger partial charge in [-0.1, -0.05) is 22.6 Å². The first kappa shape index (κ1) is 16.4. The highest BCUT2D eigenvalue weighted by atomic mass is 32.2. The monoisotopic (exact) mass is 374 g/mol. The number of aromatic nitrogens is 2. The van der Waals surface area contributed by atoms with Crippen molar-refractivity contribution in [1.29, 1.82) is 0 Å². The lowest BCUT2D eigenvalue weighted by molar-refractivity contribution is 0.0704. The molecule has 8 heteroatoms. The van der Waals surface area contributed by atoms with Crippen LogP contribution in [0.5, 0.6) is 0 Å². The average molecular weight is 374 g/mol. The van der Waals surface area contributed by atoms with Gasteiger partial charge in [0.15, 0.2) is 5.13 Å². The number of hydrogen-bond acceptors (Lipinski definition) is 7. The molecule has 0 saturated carbocycles. The van der Waals surface area contributed by atoms with E-state index < -0.39 is 0 Å². The molecule has 6 nitrogen and oxygen atoms in total. The van der Waals surface area contributed by atoms with Crippen LogP contribution in [0.25, 0.3) is 10.2 Å². The third kappa shape index (κ3) is 3.11. The lowest BCUT2D eigenvalue weighted by atomic mass is 10.3. The number of rotatable bonds is 3. The lowest BCUT2D eigenvalue weighted by Gasteiger charge is -2.33. The topological polar surface area (TPSA) is 62.5 Å². The van der Waals surface area contributed by atoms with E-state index in [4.69, 9.17) is 9.51 Å². The fourth-order valence-electron chi connectivity index (χ4n) is 2.93. The Hall–Kier alpha value is -2.06. The highest BCUT2D eigenvalue weighted by Crippen LogP contribution is 2.34. The molecule has 0 bridgehead atoms. The van der Waals surface area contributed by atoms with Crippen molar-refractivity contribution in [1.82, 2.24) is 15.0 Å². The molecule has 4 rings (SSSR count). The van der Waals surface area contributed by atoms with Crippen LogP contribution in [0.3, 0.4) is 0 Å². The van der Waals surface area contributed by atoms with Crippen molar-refractivity contribution in [3.8, 4) is 0 Å². The zero-order chi connectivity index (χ0) is 17.4. The van der Waals surface area contributed by atoms with Crippen LogP contribution in [0, 0.1) is 6.92 Å². The first-order valence-corrected chi connectivity index (χ1v) is 10.1. The standard InChI is InChI=1S/C17H18N4O2S2/c1-11-10-12(23-19-11)16(22)20-6-8-21(9-7-20)17-18-15-13(24-2)4-3-5-14(15)25-17/h3-5,10H,6-9H2,1-2H3. The smallest absolute Gasteiger partial charge is 0.292 e. The van der Waals surface area contributed by atoms with Gasteiger partial charge in [-0.25, -0.2) is 4.98 Å². The minimum absolute atomic E-state index is 0.0887. The van der Waals surface area contributed by atoms with E-state index in [-0.39, 0.29) is 5.91 Å². The van der Waals surface area contributed by atoms with Gasteiger partial charge in [-0.15, -0.1) is 11.8 Å². The zero-order valence-electron chi connectivity index (χ0n) is 14.1. The molecule has 1 fully saturated rings. The molecule has 0 atom stereocenters. The van der Waals surface area contributed by atoms with Crippen LogP contribution < -0.4 is 4.90 Å². The van der Waals surface area contributed by atoms with Gasteiger partial charge in [-0.2, -0.15) is 0 Å². The van der Waals surface area contributed by atoms with Gasteiger partial charge >= 0.3 is 0 Å². The van der Waals surface area contributed by atoms with Crippen molar-refractivity contribution in [2.24, 2.45) is 0 Å². The normalized spacial score (nSPS) is 15.1. The number of fused-ring (bicyclic) bond motifs is 1. The molecule has 2 aromatic heterocycles. The number of anilines is 1. The predicted molar refractivity (Wildman–Crippen MR) is 101 cm³/mol. The van der Waals surface area contributed by atoms with Crippen LogP contribution >= 0.6 is 23.1 Å². The van der Waals surface area contributed by atoms with Crippen LogP contribution in [0.2, 0.25) is 0 Å². The van der Waals surface area contributed by atoms with E-state index in [1.807, 2.05) is 11.8 Å². The number of para-hydroxylation sites is 1. The zero-order valence-corrected chi connectivity index (χ0v) is 15.7. The third-order valence-corrected chi connectivity index (χ3v) is 6.12. The summed E-state index contributed by atoms with van der Waals surface area (Å²) >= 11 is 3.43. The van der Waals surface area contributed by atoms with Gasteiger partial charge < -0.3 is 14.3 Å². The van der Waals surface area contributed by atoms with Gasteiger partial charge in [0.2, 0.25) is 5.76 Å². The van der Waals surface area contributed by atoms with E-state index in [2.05, 4.69) is 34.5 Å². The molecule has 0 N–H and O–H groups in total. The van der Waals surface area contributed by atoms with Gasteiger partial charge in [0, 0.05) is 37.1 Å². The SMILES string of the molecule is CSc1cccc2sc(N3CCN(C(=O)c4cc(C)no4)CC3)nc12. The maximum absolute atomic E-state index is 12.4. The number of thiazole rings is 1. The molecule has 1 saturated heterocycles. The minimum Gasteiger partial charge on any atom is -0.351 e. The van der Waals surface area contributed by atoms with Crippen molar-refractivity contribution < 1.29 is 9.32 Å². The molecule has 0 aliphatic carbocycles. The molecular formula is C17H18N4O2S2. The van der Waals surface area contributed by atoms with Crippen LogP contribution in [0.1, 0.15) is 16.2 Å². The van der Waals surface area contributed by atoms with Crippen molar-refractivity contribution in [2.75, 3.05) is 37.3 Å². The summed E-state index contributed by atoms with van der Waals surface area (Å²) in [6, 6.07) is 7.98. The number of benzene rings is 1. The maximum atomic E-state index is 12.4. The first-order valence-electron chi connectivity index (χ1n) is 8.07. The lowest BCUT2D eigenvalue weighted by Crippen LogP contribution is -2.48. The highest BCUT2D eigenvalue weighted by Gasteiger charge is 2.26. The van der Waals surface area contributed by atoms with Gasteiger partial charge in [-0.05, 0) is 25.3 Å². The maximum Gasteiger partial charge on any atom is 0.292 e. The molecule has 1 aliphatic rings. The number of nitrogens with zero attached hydrogens (tertiary/aromatic N) is 4. The van der Waals surface area contributed by atoms with Crippen molar-refractivity contribution >= 4 is 44.4 Å². The Labute approximate surface area is 153 Å². The number of hydrogen-bond donors (Lipinski definition) is 0. The summed E-state index contributed by atoms with van der Waals surface area (Å²) < 4.78 is 6.29. The first-order chi connectivity index (χ1) is 12.2. The Morgan fingerprint density at radius 3 is 2.76 bits per heavy atom. The summed E-state index contributed by atoms with van der Waals surface area (Å²) in [6.07, 6.45) is 2.07. The summed E-state index contributed by atoms with van der Waals surface area (Å²) in [5, 5.41) is 4.82. The summed E-state index contributed by atoms with van der Waals surface area (Å²) in [7, 11) is 0. The molecule has 0 spiro atoms. The van der Waals surface area contributed by atoms with Gasteiger partial charge in [0.05, 0.1) is 15.9 Å². The summed E-state index contributed by atoms with van der Waals surface area (Å²) in [6.45, 7) is 4.67. The second-order valence-electron chi connectivity index (χ2n) is 5.92. The van der Waals surface area contributed by atoms with E-state index in [0.717, 1.165) is 29.4 Å². The number of aryl methyl sites for hydroxylation is 1. The fraction of sp³-hybridized carbons (Fsp3) is 0.353. The fourth-order valence-corrected chi connectivity index (χ4v) is 4.60. The van der Waals surface area contributed by atoms with Crippen LogP contribution in [-0.2, 0) is 0 Å². The molecule has 3 aromatic rings. The number of carbonyl (C=O) groups is 1. The minimum atomic E-state index is -0.0887. The van der Waals surface area contributed by atoms with E-state index in [1.54, 1.807) is 29.2 Å². The van der Waals surface area contributed by atoms with Gasteiger partial charge in [-0.3, -0.25) is 4.79 Å². The molecular weight excluding hydrogens is 356 g/mol. The molecule has 25 heavy (non-hydrogen) atoms. The van der Waals surface area contributed by atoms with E-state index >= 15 is 0 Å². The molecule has 1 aromatic carbocycles. The van der Waals surface area contributed by atoms with Crippen LogP contribution in [0.15, 0.2) is 33.7 Å². The predicted octanol–water partition coefficient (Wildman–Crippen LogP) is 3.28. The highest BCUT2D eigenvalue weighted by molar-refractivity contribution is 7.98. The molecule has 3 heterocycles.